The highest BCUT2D eigenvalue weighted by molar-refractivity contribution is 5.44. The Morgan fingerprint density at radius 3 is 2.67 bits per heavy atom. The van der Waals surface area contributed by atoms with E-state index >= 15 is 0 Å². The van der Waals surface area contributed by atoms with Crippen LogP contribution in [0.15, 0.2) is 18.2 Å². The van der Waals surface area contributed by atoms with Crippen molar-refractivity contribution >= 4 is 0 Å². The van der Waals surface area contributed by atoms with Gasteiger partial charge in [-0.1, -0.05) is 27.2 Å². The fraction of sp³-hybridized carbons (Fsp3) is 0.667. The topological polar surface area (TPSA) is 30.5 Å². The molecule has 1 aliphatic rings. The van der Waals surface area contributed by atoms with Gasteiger partial charge in [-0.05, 0) is 44.5 Å². The predicted molar refractivity (Wildman–Crippen MR) is 87.2 cm³/mol. The molecule has 1 atom stereocenters. The first-order chi connectivity index (χ1) is 10.2. The summed E-state index contributed by atoms with van der Waals surface area (Å²) in [5.41, 5.74) is 1.19. The minimum atomic E-state index is -0.0364. The Hall–Kier alpha value is -1.22. The van der Waals surface area contributed by atoms with Crippen LogP contribution < -0.4 is 14.8 Å². The molecule has 1 aromatic rings. The number of ether oxygens (including phenoxy) is 2. The van der Waals surface area contributed by atoms with E-state index in [2.05, 4.69) is 38.2 Å². The number of fused-ring (bicyclic) bond motifs is 1. The second-order valence-electron chi connectivity index (χ2n) is 5.94. The molecule has 1 aliphatic heterocycles. The van der Waals surface area contributed by atoms with Crippen molar-refractivity contribution in [1.29, 1.82) is 0 Å². The van der Waals surface area contributed by atoms with Crippen molar-refractivity contribution < 1.29 is 9.47 Å². The highest BCUT2D eigenvalue weighted by Crippen LogP contribution is 2.43. The standard InChI is InChI=1S/C18H29NO2/c1-5-8-11-20-14-9-10-17-15(12-14)16(19-4)13-18(6-2,7-3)21-17/h9-10,12,16,19H,5-8,11,13H2,1-4H3. The van der Waals surface area contributed by atoms with Crippen LogP contribution in [0.3, 0.4) is 0 Å². The lowest BCUT2D eigenvalue weighted by Crippen LogP contribution is -2.42. The SMILES string of the molecule is CCCCOc1ccc2c(c1)C(NC)CC(CC)(CC)O2. The van der Waals surface area contributed by atoms with E-state index in [0.717, 1.165) is 50.2 Å². The average Bonchev–Trinajstić information content (AvgIpc) is 2.54. The third-order valence-electron chi connectivity index (χ3n) is 4.66. The van der Waals surface area contributed by atoms with Gasteiger partial charge in [0.25, 0.3) is 0 Å². The Morgan fingerprint density at radius 2 is 2.05 bits per heavy atom. The van der Waals surface area contributed by atoms with Crippen LogP contribution in [-0.2, 0) is 0 Å². The number of nitrogens with one attached hydrogen (secondary N) is 1. The maximum atomic E-state index is 6.34. The fourth-order valence-corrected chi connectivity index (χ4v) is 3.01. The molecule has 0 aliphatic carbocycles. The van der Waals surface area contributed by atoms with Crippen molar-refractivity contribution in [3.8, 4) is 11.5 Å². The summed E-state index contributed by atoms with van der Waals surface area (Å²) in [6.07, 6.45) is 5.34. The highest BCUT2D eigenvalue weighted by Gasteiger charge is 2.38. The number of benzene rings is 1. The number of unbranched alkanes of at least 4 members (excludes halogenated alkanes) is 1. The highest BCUT2D eigenvalue weighted by atomic mass is 16.5. The van der Waals surface area contributed by atoms with Gasteiger partial charge in [-0.3, -0.25) is 0 Å². The summed E-state index contributed by atoms with van der Waals surface area (Å²) in [6.45, 7) is 7.39. The first-order valence-corrected chi connectivity index (χ1v) is 8.31. The van der Waals surface area contributed by atoms with E-state index in [-0.39, 0.29) is 5.60 Å². The summed E-state index contributed by atoms with van der Waals surface area (Å²) in [7, 11) is 2.03. The van der Waals surface area contributed by atoms with Gasteiger partial charge in [0.2, 0.25) is 0 Å². The second kappa shape index (κ2) is 7.17. The van der Waals surface area contributed by atoms with Crippen molar-refractivity contribution in [2.75, 3.05) is 13.7 Å². The molecule has 0 spiro atoms. The van der Waals surface area contributed by atoms with Gasteiger partial charge >= 0.3 is 0 Å². The lowest BCUT2D eigenvalue weighted by Gasteiger charge is -2.41. The van der Waals surface area contributed by atoms with E-state index in [1.807, 2.05) is 13.1 Å². The summed E-state index contributed by atoms with van der Waals surface area (Å²) in [4.78, 5) is 0. The normalized spacial score (nSPS) is 19.7. The molecule has 0 bridgehead atoms. The largest absolute Gasteiger partial charge is 0.494 e. The number of hydrogen-bond acceptors (Lipinski definition) is 3. The molecule has 118 valence electrons. The van der Waals surface area contributed by atoms with E-state index < -0.39 is 0 Å². The van der Waals surface area contributed by atoms with Crippen LogP contribution in [0.1, 0.15) is 64.5 Å². The quantitative estimate of drug-likeness (QED) is 0.752. The Morgan fingerprint density at radius 1 is 1.29 bits per heavy atom. The Labute approximate surface area is 129 Å². The maximum absolute atomic E-state index is 6.34. The molecule has 0 fully saturated rings. The molecule has 1 aromatic carbocycles. The summed E-state index contributed by atoms with van der Waals surface area (Å²) in [5.74, 6) is 1.96. The number of hydrogen-bond donors (Lipinski definition) is 1. The van der Waals surface area contributed by atoms with Crippen LogP contribution in [0.5, 0.6) is 11.5 Å². The van der Waals surface area contributed by atoms with Crippen molar-refractivity contribution in [1.82, 2.24) is 5.32 Å². The van der Waals surface area contributed by atoms with Crippen molar-refractivity contribution in [2.45, 2.75) is 64.5 Å². The summed E-state index contributed by atoms with van der Waals surface area (Å²) in [6, 6.07) is 6.58. The first-order valence-electron chi connectivity index (χ1n) is 8.31. The van der Waals surface area contributed by atoms with Crippen LogP contribution in [0.2, 0.25) is 0 Å². The zero-order valence-electron chi connectivity index (χ0n) is 13.9. The smallest absolute Gasteiger partial charge is 0.125 e. The molecule has 0 amide bonds. The van der Waals surface area contributed by atoms with E-state index in [4.69, 9.17) is 9.47 Å². The molecule has 1 N–H and O–H groups in total. The monoisotopic (exact) mass is 291 g/mol. The van der Waals surface area contributed by atoms with Crippen molar-refractivity contribution in [3.63, 3.8) is 0 Å². The lowest BCUT2D eigenvalue weighted by atomic mass is 9.83. The van der Waals surface area contributed by atoms with E-state index in [9.17, 15) is 0 Å². The minimum absolute atomic E-state index is 0.0364. The van der Waals surface area contributed by atoms with Crippen LogP contribution in [0, 0.1) is 0 Å². The molecular weight excluding hydrogens is 262 g/mol. The van der Waals surface area contributed by atoms with Crippen LogP contribution in [0.25, 0.3) is 0 Å². The molecule has 3 nitrogen and oxygen atoms in total. The molecule has 1 unspecified atom stereocenters. The van der Waals surface area contributed by atoms with Gasteiger partial charge in [0.05, 0.1) is 6.61 Å². The van der Waals surface area contributed by atoms with Crippen LogP contribution >= 0.6 is 0 Å². The van der Waals surface area contributed by atoms with Gasteiger partial charge in [-0.25, -0.2) is 0 Å². The van der Waals surface area contributed by atoms with Gasteiger partial charge < -0.3 is 14.8 Å². The average molecular weight is 291 g/mol. The molecule has 0 radical (unpaired) electrons. The van der Waals surface area contributed by atoms with Crippen molar-refractivity contribution in [3.05, 3.63) is 23.8 Å². The van der Waals surface area contributed by atoms with Crippen molar-refractivity contribution in [2.24, 2.45) is 0 Å². The molecule has 0 saturated heterocycles. The van der Waals surface area contributed by atoms with E-state index in [1.165, 1.54) is 5.56 Å². The maximum Gasteiger partial charge on any atom is 0.125 e. The van der Waals surface area contributed by atoms with Crippen LogP contribution in [0.4, 0.5) is 0 Å². The summed E-state index contributed by atoms with van der Waals surface area (Å²) < 4.78 is 12.2. The summed E-state index contributed by atoms with van der Waals surface area (Å²) in [5, 5.41) is 3.44. The second-order valence-corrected chi connectivity index (χ2v) is 5.94. The van der Waals surface area contributed by atoms with Gasteiger partial charge in [0.15, 0.2) is 0 Å². The van der Waals surface area contributed by atoms with E-state index in [1.54, 1.807) is 0 Å². The fourth-order valence-electron chi connectivity index (χ4n) is 3.01. The van der Waals surface area contributed by atoms with Gasteiger partial charge in [0, 0.05) is 18.0 Å². The Kier molecular flexibility index (Phi) is 5.51. The number of rotatable bonds is 7. The first kappa shape index (κ1) is 16.2. The van der Waals surface area contributed by atoms with E-state index in [0.29, 0.717) is 6.04 Å². The molecule has 0 saturated carbocycles. The third kappa shape index (κ3) is 3.52. The van der Waals surface area contributed by atoms with Gasteiger partial charge in [0.1, 0.15) is 17.1 Å². The molecule has 3 heteroatoms. The molecule has 2 rings (SSSR count). The zero-order valence-corrected chi connectivity index (χ0v) is 13.9. The summed E-state index contributed by atoms with van der Waals surface area (Å²) >= 11 is 0. The third-order valence-corrected chi connectivity index (χ3v) is 4.66. The predicted octanol–water partition coefficient (Wildman–Crippen LogP) is 4.47. The molecule has 1 heterocycles. The van der Waals surface area contributed by atoms with Gasteiger partial charge in [-0.2, -0.15) is 0 Å². The minimum Gasteiger partial charge on any atom is -0.494 e. The zero-order chi connectivity index (χ0) is 15.3. The Balaban J connectivity index is 2.22. The molecular formula is C18H29NO2. The molecule has 0 aromatic heterocycles. The van der Waals surface area contributed by atoms with Crippen LogP contribution in [-0.4, -0.2) is 19.3 Å². The van der Waals surface area contributed by atoms with Gasteiger partial charge in [-0.15, -0.1) is 0 Å². The lowest BCUT2D eigenvalue weighted by molar-refractivity contribution is 0.0237. The molecule has 21 heavy (non-hydrogen) atoms. The Bertz CT molecular complexity index is 455.